The predicted molar refractivity (Wildman–Crippen MR) is 107 cm³/mol. The van der Waals surface area contributed by atoms with Gasteiger partial charge in [0.25, 0.3) is 0 Å². The average molecular weight is 404 g/mol. The highest BCUT2D eigenvalue weighted by molar-refractivity contribution is 7.87. The normalized spacial score (nSPS) is 15.0. The quantitative estimate of drug-likeness (QED) is 0.544. The molecule has 0 radical (unpaired) electrons. The maximum atomic E-state index is 12.7. The number of methoxy groups -OCH3 is 1. The van der Waals surface area contributed by atoms with E-state index >= 15 is 0 Å². The third kappa shape index (κ3) is 4.82. The molecule has 0 aromatic heterocycles. The summed E-state index contributed by atoms with van der Waals surface area (Å²) in [5.74, 6) is 0.451. The molecule has 2 aromatic rings. The molecule has 8 heteroatoms. The molecule has 0 N–H and O–H groups in total. The van der Waals surface area contributed by atoms with Crippen LogP contribution in [0.25, 0.3) is 0 Å². The number of hydrogen-bond acceptors (Lipinski definition) is 7. The van der Waals surface area contributed by atoms with Gasteiger partial charge in [0.15, 0.2) is 11.5 Å². The van der Waals surface area contributed by atoms with Gasteiger partial charge in [0, 0.05) is 0 Å². The van der Waals surface area contributed by atoms with Crippen LogP contribution in [0.2, 0.25) is 0 Å². The third-order valence-electron chi connectivity index (χ3n) is 4.36. The van der Waals surface area contributed by atoms with E-state index in [0.717, 1.165) is 24.2 Å². The zero-order valence-corrected chi connectivity index (χ0v) is 17.0. The zero-order valence-electron chi connectivity index (χ0n) is 16.2. The minimum Gasteiger partial charge on any atom is -0.493 e. The molecule has 3 rings (SSSR count). The molecule has 7 nitrogen and oxygen atoms in total. The van der Waals surface area contributed by atoms with Gasteiger partial charge in [0.2, 0.25) is 0 Å². The zero-order chi connectivity index (χ0) is 20.1. The van der Waals surface area contributed by atoms with Crippen LogP contribution in [0, 0.1) is 13.8 Å². The van der Waals surface area contributed by atoms with Crippen molar-refractivity contribution in [2.24, 2.45) is 5.10 Å². The summed E-state index contributed by atoms with van der Waals surface area (Å²) in [7, 11) is -2.51. The summed E-state index contributed by atoms with van der Waals surface area (Å²) in [6.45, 7) is 6.36. The maximum absolute atomic E-state index is 12.7. The van der Waals surface area contributed by atoms with Gasteiger partial charge < -0.3 is 13.7 Å². The highest BCUT2D eigenvalue weighted by Crippen LogP contribution is 2.31. The van der Waals surface area contributed by atoms with Crippen LogP contribution >= 0.6 is 0 Å². The first-order valence-electron chi connectivity index (χ1n) is 8.95. The van der Waals surface area contributed by atoms with Gasteiger partial charge in [0.1, 0.15) is 4.90 Å². The lowest BCUT2D eigenvalue weighted by atomic mass is 10.2. The van der Waals surface area contributed by atoms with Gasteiger partial charge in [-0.2, -0.15) is 13.5 Å². The van der Waals surface area contributed by atoms with E-state index in [-0.39, 0.29) is 10.6 Å². The molecule has 0 bridgehead atoms. The van der Waals surface area contributed by atoms with Crippen LogP contribution in [-0.2, 0) is 14.9 Å². The van der Waals surface area contributed by atoms with Gasteiger partial charge in [-0.1, -0.05) is 12.1 Å². The molecule has 2 aromatic carbocycles. The largest absolute Gasteiger partial charge is 0.493 e. The van der Waals surface area contributed by atoms with E-state index in [9.17, 15) is 8.42 Å². The summed E-state index contributed by atoms with van der Waals surface area (Å²) in [6, 6.07) is 10.2. The molecule has 1 saturated heterocycles. The second-order valence-corrected chi connectivity index (χ2v) is 8.04. The SMILES string of the molecule is COc1cc(/C=N\N2CCOCC2)ccc1OS(=O)(=O)c1cc(C)ccc1C. The Morgan fingerprint density at radius 2 is 1.82 bits per heavy atom. The molecule has 0 unspecified atom stereocenters. The van der Waals surface area contributed by atoms with Crippen LogP contribution in [0.1, 0.15) is 16.7 Å². The Hall–Kier alpha value is -2.58. The highest BCUT2D eigenvalue weighted by Gasteiger charge is 2.21. The standard InChI is InChI=1S/C20H24N2O5S/c1-15-4-5-16(2)20(12-15)28(23,24)27-18-7-6-17(13-19(18)25-3)14-21-22-8-10-26-11-9-22/h4-7,12-14H,8-11H2,1-3H3/b21-14-. The van der Waals surface area contributed by atoms with Gasteiger partial charge in [-0.05, 0) is 54.8 Å². The molecular formula is C20H24N2O5S. The van der Waals surface area contributed by atoms with Crippen molar-refractivity contribution in [3.05, 3.63) is 53.1 Å². The van der Waals surface area contributed by atoms with Crippen LogP contribution in [0.4, 0.5) is 0 Å². The number of rotatable bonds is 6. The van der Waals surface area contributed by atoms with Crippen molar-refractivity contribution in [3.8, 4) is 11.5 Å². The van der Waals surface area contributed by atoms with Gasteiger partial charge in [-0.15, -0.1) is 0 Å². The van der Waals surface area contributed by atoms with Crippen molar-refractivity contribution in [2.45, 2.75) is 18.7 Å². The van der Waals surface area contributed by atoms with Gasteiger partial charge >= 0.3 is 10.1 Å². The topological polar surface area (TPSA) is 77.4 Å². The third-order valence-corrected chi connectivity index (χ3v) is 5.74. The lowest BCUT2D eigenvalue weighted by Gasteiger charge is -2.23. The molecular weight excluding hydrogens is 380 g/mol. The highest BCUT2D eigenvalue weighted by atomic mass is 32.2. The Morgan fingerprint density at radius 1 is 1.07 bits per heavy atom. The van der Waals surface area contributed by atoms with Crippen LogP contribution in [0.3, 0.4) is 0 Å². The van der Waals surface area contributed by atoms with Crippen molar-refractivity contribution in [1.29, 1.82) is 0 Å². The van der Waals surface area contributed by atoms with Crippen LogP contribution in [-0.4, -0.2) is 53.1 Å². The Balaban J connectivity index is 1.82. The fraction of sp³-hybridized carbons (Fsp3) is 0.350. The smallest absolute Gasteiger partial charge is 0.339 e. The lowest BCUT2D eigenvalue weighted by Crippen LogP contribution is -2.32. The molecule has 28 heavy (non-hydrogen) atoms. The number of hydrazone groups is 1. The van der Waals surface area contributed by atoms with Gasteiger partial charge in [0.05, 0.1) is 39.6 Å². The van der Waals surface area contributed by atoms with Crippen molar-refractivity contribution >= 4 is 16.3 Å². The average Bonchev–Trinajstić information content (AvgIpc) is 2.69. The molecule has 0 spiro atoms. The number of benzene rings is 2. The molecule has 0 aliphatic carbocycles. The number of morpholine rings is 1. The number of hydrogen-bond donors (Lipinski definition) is 0. The summed E-state index contributed by atoms with van der Waals surface area (Å²) in [5, 5.41) is 6.34. The van der Waals surface area contributed by atoms with Crippen molar-refractivity contribution < 1.29 is 22.1 Å². The van der Waals surface area contributed by atoms with E-state index in [0.29, 0.717) is 24.5 Å². The van der Waals surface area contributed by atoms with Crippen LogP contribution in [0.5, 0.6) is 11.5 Å². The van der Waals surface area contributed by atoms with E-state index in [1.54, 1.807) is 43.5 Å². The van der Waals surface area contributed by atoms with Crippen molar-refractivity contribution in [1.82, 2.24) is 5.01 Å². The number of ether oxygens (including phenoxy) is 2. The van der Waals surface area contributed by atoms with E-state index in [2.05, 4.69) is 5.10 Å². The summed E-state index contributed by atoms with van der Waals surface area (Å²) in [4.78, 5) is 0.146. The van der Waals surface area contributed by atoms with Gasteiger partial charge in [-0.3, -0.25) is 5.01 Å². The van der Waals surface area contributed by atoms with Crippen LogP contribution in [0.15, 0.2) is 46.4 Å². The minimum atomic E-state index is -3.98. The molecule has 1 fully saturated rings. The van der Waals surface area contributed by atoms with E-state index in [4.69, 9.17) is 13.7 Å². The first-order chi connectivity index (χ1) is 13.4. The maximum Gasteiger partial charge on any atom is 0.339 e. The molecule has 1 heterocycles. The molecule has 1 aliphatic rings. The second-order valence-electron chi connectivity index (χ2n) is 6.53. The Bertz CT molecular complexity index is 967. The molecule has 1 aliphatic heterocycles. The fourth-order valence-corrected chi connectivity index (χ4v) is 4.05. The minimum absolute atomic E-state index is 0.131. The van der Waals surface area contributed by atoms with E-state index in [1.807, 2.05) is 18.0 Å². The first-order valence-corrected chi connectivity index (χ1v) is 10.4. The summed E-state index contributed by atoms with van der Waals surface area (Å²) in [6.07, 6.45) is 1.71. The summed E-state index contributed by atoms with van der Waals surface area (Å²) in [5.41, 5.74) is 2.24. The Morgan fingerprint density at radius 3 is 2.54 bits per heavy atom. The molecule has 0 atom stereocenters. The first kappa shape index (κ1) is 20.2. The number of aryl methyl sites for hydroxylation is 2. The van der Waals surface area contributed by atoms with Gasteiger partial charge in [-0.25, -0.2) is 0 Å². The van der Waals surface area contributed by atoms with E-state index in [1.165, 1.54) is 7.11 Å². The molecule has 0 saturated carbocycles. The molecule has 150 valence electrons. The molecule has 0 amide bonds. The van der Waals surface area contributed by atoms with Crippen LogP contribution < -0.4 is 8.92 Å². The Labute approximate surface area is 165 Å². The van der Waals surface area contributed by atoms with Crippen molar-refractivity contribution in [2.75, 3.05) is 33.4 Å². The monoisotopic (exact) mass is 404 g/mol. The fourth-order valence-electron chi connectivity index (χ4n) is 2.79. The van der Waals surface area contributed by atoms with Crippen molar-refractivity contribution in [3.63, 3.8) is 0 Å². The lowest BCUT2D eigenvalue weighted by molar-refractivity contribution is 0.0397. The summed E-state index contributed by atoms with van der Waals surface area (Å²) >= 11 is 0. The predicted octanol–water partition coefficient (Wildman–Crippen LogP) is 2.75. The number of nitrogens with zero attached hydrogens (tertiary/aromatic N) is 2. The second kappa shape index (κ2) is 8.62. The Kier molecular flexibility index (Phi) is 6.21. The van der Waals surface area contributed by atoms with E-state index < -0.39 is 10.1 Å². The summed E-state index contributed by atoms with van der Waals surface area (Å²) < 4.78 is 41.5.